The second-order valence-electron chi connectivity index (χ2n) is 6.32. The SMILES string of the molecule is Cc1ccc2oc(C(=O)NC3CCSc4ccc(F)cc43)cc(=O)c2c1. The highest BCUT2D eigenvalue weighted by atomic mass is 32.2. The third-order valence-corrected chi connectivity index (χ3v) is 5.55. The van der Waals surface area contributed by atoms with Crippen LogP contribution < -0.4 is 10.7 Å². The summed E-state index contributed by atoms with van der Waals surface area (Å²) in [6.07, 6.45) is 0.684. The minimum atomic E-state index is -0.475. The van der Waals surface area contributed by atoms with Crippen molar-refractivity contribution in [3.05, 3.63) is 75.4 Å². The molecule has 1 aliphatic heterocycles. The number of carbonyl (C=O) groups is 1. The van der Waals surface area contributed by atoms with Crippen molar-refractivity contribution in [1.29, 1.82) is 0 Å². The number of fused-ring (bicyclic) bond motifs is 2. The summed E-state index contributed by atoms with van der Waals surface area (Å²) in [7, 11) is 0. The van der Waals surface area contributed by atoms with E-state index in [0.717, 1.165) is 21.8 Å². The average Bonchev–Trinajstić information content (AvgIpc) is 2.62. The monoisotopic (exact) mass is 369 g/mol. The third-order valence-electron chi connectivity index (χ3n) is 4.42. The Morgan fingerprint density at radius 3 is 2.92 bits per heavy atom. The summed E-state index contributed by atoms with van der Waals surface area (Å²) in [4.78, 5) is 25.9. The summed E-state index contributed by atoms with van der Waals surface area (Å²) in [6.45, 7) is 1.89. The van der Waals surface area contributed by atoms with E-state index >= 15 is 0 Å². The van der Waals surface area contributed by atoms with Gasteiger partial charge in [0.15, 0.2) is 11.2 Å². The standard InChI is InChI=1S/C20H16FNO3S/c1-11-2-4-17-14(8-11)16(23)10-18(25-17)20(24)22-15-6-7-26-19-5-3-12(21)9-13(15)19/h2-5,8-10,15H,6-7H2,1H3,(H,22,24). The number of hydrogen-bond acceptors (Lipinski definition) is 4. The molecule has 1 aromatic heterocycles. The van der Waals surface area contributed by atoms with Crippen LogP contribution in [0.1, 0.15) is 34.1 Å². The predicted molar refractivity (Wildman–Crippen MR) is 99.2 cm³/mol. The van der Waals surface area contributed by atoms with Crippen molar-refractivity contribution < 1.29 is 13.6 Å². The van der Waals surface area contributed by atoms with Crippen molar-refractivity contribution in [2.45, 2.75) is 24.3 Å². The van der Waals surface area contributed by atoms with Gasteiger partial charge in [-0.05, 0) is 49.2 Å². The van der Waals surface area contributed by atoms with Crippen LogP contribution >= 0.6 is 11.8 Å². The fourth-order valence-corrected chi connectivity index (χ4v) is 4.23. The molecule has 4 rings (SSSR count). The Hall–Kier alpha value is -2.60. The summed E-state index contributed by atoms with van der Waals surface area (Å²) < 4.78 is 19.2. The molecule has 1 aliphatic rings. The summed E-state index contributed by atoms with van der Waals surface area (Å²) in [5, 5.41) is 3.32. The van der Waals surface area contributed by atoms with Gasteiger partial charge in [-0.25, -0.2) is 4.39 Å². The normalized spacial score (nSPS) is 16.3. The summed E-state index contributed by atoms with van der Waals surface area (Å²) in [6, 6.07) is 10.7. The number of aryl methyl sites for hydroxylation is 1. The second-order valence-corrected chi connectivity index (χ2v) is 7.46. The molecule has 1 amide bonds. The molecule has 0 bridgehead atoms. The quantitative estimate of drug-likeness (QED) is 0.735. The molecule has 2 heterocycles. The zero-order valence-corrected chi connectivity index (χ0v) is 14.9. The van der Waals surface area contributed by atoms with E-state index < -0.39 is 5.91 Å². The van der Waals surface area contributed by atoms with Crippen molar-refractivity contribution in [1.82, 2.24) is 5.32 Å². The highest BCUT2D eigenvalue weighted by Crippen LogP contribution is 2.36. The van der Waals surface area contributed by atoms with Crippen molar-refractivity contribution in [3.8, 4) is 0 Å². The molecule has 2 aromatic carbocycles. The Balaban J connectivity index is 1.66. The van der Waals surface area contributed by atoms with Crippen LogP contribution in [0.15, 0.2) is 56.6 Å². The number of halogens is 1. The molecule has 1 atom stereocenters. The molecule has 1 N–H and O–H groups in total. The van der Waals surface area contributed by atoms with Gasteiger partial charge >= 0.3 is 0 Å². The van der Waals surface area contributed by atoms with Gasteiger partial charge in [-0.15, -0.1) is 11.8 Å². The minimum Gasteiger partial charge on any atom is -0.451 e. The first-order valence-corrected chi connectivity index (χ1v) is 9.27. The zero-order valence-electron chi connectivity index (χ0n) is 14.0. The summed E-state index contributed by atoms with van der Waals surface area (Å²) >= 11 is 1.64. The lowest BCUT2D eigenvalue weighted by Gasteiger charge is -2.25. The van der Waals surface area contributed by atoms with Crippen molar-refractivity contribution in [2.75, 3.05) is 5.75 Å². The number of amides is 1. The van der Waals surface area contributed by atoms with Crippen LogP contribution in [0.25, 0.3) is 11.0 Å². The van der Waals surface area contributed by atoms with E-state index in [4.69, 9.17) is 4.42 Å². The number of rotatable bonds is 2. The van der Waals surface area contributed by atoms with E-state index in [1.54, 1.807) is 30.0 Å². The van der Waals surface area contributed by atoms with Gasteiger partial charge in [-0.2, -0.15) is 0 Å². The Kier molecular flexibility index (Phi) is 4.28. The lowest BCUT2D eigenvalue weighted by Crippen LogP contribution is -2.31. The Morgan fingerprint density at radius 1 is 1.23 bits per heavy atom. The Morgan fingerprint density at radius 2 is 2.08 bits per heavy atom. The molecule has 1 unspecified atom stereocenters. The van der Waals surface area contributed by atoms with Gasteiger partial charge in [0.25, 0.3) is 5.91 Å². The number of thioether (sulfide) groups is 1. The first-order chi connectivity index (χ1) is 12.5. The lowest BCUT2D eigenvalue weighted by molar-refractivity contribution is 0.0907. The molecule has 26 heavy (non-hydrogen) atoms. The van der Waals surface area contributed by atoms with E-state index in [9.17, 15) is 14.0 Å². The average molecular weight is 369 g/mol. The molecule has 6 heteroatoms. The molecule has 4 nitrogen and oxygen atoms in total. The fourth-order valence-electron chi connectivity index (χ4n) is 3.13. The number of hydrogen-bond donors (Lipinski definition) is 1. The van der Waals surface area contributed by atoms with Gasteiger partial charge in [0.2, 0.25) is 0 Å². The molecule has 3 aromatic rings. The van der Waals surface area contributed by atoms with Gasteiger partial charge in [0.1, 0.15) is 11.4 Å². The maximum absolute atomic E-state index is 13.6. The maximum Gasteiger partial charge on any atom is 0.287 e. The van der Waals surface area contributed by atoms with Crippen LogP contribution in [-0.4, -0.2) is 11.7 Å². The van der Waals surface area contributed by atoms with Gasteiger partial charge in [0.05, 0.1) is 11.4 Å². The molecule has 0 saturated carbocycles. The van der Waals surface area contributed by atoms with Crippen molar-refractivity contribution >= 4 is 28.6 Å². The number of carbonyl (C=O) groups excluding carboxylic acids is 1. The topological polar surface area (TPSA) is 59.3 Å². The smallest absolute Gasteiger partial charge is 0.287 e. The molecule has 0 radical (unpaired) electrons. The predicted octanol–water partition coefficient (Wildman–Crippen LogP) is 4.21. The first kappa shape index (κ1) is 16.8. The summed E-state index contributed by atoms with van der Waals surface area (Å²) in [5.41, 5.74) is 1.82. The van der Waals surface area contributed by atoms with E-state index in [2.05, 4.69) is 5.32 Å². The van der Waals surface area contributed by atoms with Crippen LogP contribution in [0.3, 0.4) is 0 Å². The minimum absolute atomic E-state index is 0.0393. The highest BCUT2D eigenvalue weighted by Gasteiger charge is 2.24. The third kappa shape index (κ3) is 3.12. The first-order valence-electron chi connectivity index (χ1n) is 8.29. The van der Waals surface area contributed by atoms with Gasteiger partial charge in [0, 0.05) is 16.7 Å². The largest absolute Gasteiger partial charge is 0.451 e. The fraction of sp³-hybridized carbons (Fsp3) is 0.200. The van der Waals surface area contributed by atoms with Gasteiger partial charge < -0.3 is 9.73 Å². The Bertz CT molecular complexity index is 1080. The maximum atomic E-state index is 13.6. The molecule has 0 aliphatic carbocycles. The van der Waals surface area contributed by atoms with Crippen LogP contribution in [-0.2, 0) is 0 Å². The molecular formula is C20H16FNO3S. The van der Waals surface area contributed by atoms with Crippen molar-refractivity contribution in [3.63, 3.8) is 0 Å². The van der Waals surface area contributed by atoms with Crippen molar-refractivity contribution in [2.24, 2.45) is 0 Å². The molecule has 0 fully saturated rings. The van der Waals surface area contributed by atoms with Gasteiger partial charge in [-0.1, -0.05) is 11.6 Å². The summed E-state index contributed by atoms with van der Waals surface area (Å²) in [5.74, 6) is -0.0258. The molecule has 132 valence electrons. The zero-order chi connectivity index (χ0) is 18.3. The second kappa shape index (κ2) is 6.61. The highest BCUT2D eigenvalue weighted by molar-refractivity contribution is 7.99. The van der Waals surface area contributed by atoms with E-state index in [0.29, 0.717) is 17.4 Å². The van der Waals surface area contributed by atoms with Crippen LogP contribution in [0, 0.1) is 12.7 Å². The van der Waals surface area contributed by atoms with E-state index in [1.807, 2.05) is 13.0 Å². The Labute approximate surface area is 153 Å². The van der Waals surface area contributed by atoms with Crippen LogP contribution in [0.4, 0.5) is 4.39 Å². The molecular weight excluding hydrogens is 353 g/mol. The number of nitrogens with one attached hydrogen (secondary N) is 1. The number of benzene rings is 2. The van der Waals surface area contributed by atoms with Crippen LogP contribution in [0.5, 0.6) is 0 Å². The lowest BCUT2D eigenvalue weighted by atomic mass is 10.0. The molecule has 0 spiro atoms. The van der Waals surface area contributed by atoms with Gasteiger partial charge in [-0.3, -0.25) is 9.59 Å². The van der Waals surface area contributed by atoms with Crippen LogP contribution in [0.2, 0.25) is 0 Å². The van der Waals surface area contributed by atoms with E-state index in [1.165, 1.54) is 18.2 Å². The van der Waals surface area contributed by atoms with E-state index in [-0.39, 0.29) is 23.0 Å². The molecule has 0 saturated heterocycles.